The molecule has 4 aromatic carbocycles. The van der Waals surface area contributed by atoms with Crippen molar-refractivity contribution in [2.24, 2.45) is 46.4 Å². The Labute approximate surface area is 389 Å². The minimum Gasteiger partial charge on any atom is -0.502 e. The van der Waals surface area contributed by atoms with Crippen molar-refractivity contribution >= 4 is 85.2 Å². The summed E-state index contributed by atoms with van der Waals surface area (Å²) in [5, 5.41) is 26.2. The highest BCUT2D eigenvalue weighted by atomic mass is 35.5. The molecule has 1 saturated carbocycles. The van der Waals surface area contributed by atoms with E-state index >= 15 is 9.59 Å². The van der Waals surface area contributed by atoms with Gasteiger partial charge in [-0.15, -0.1) is 11.3 Å². The third-order valence-corrected chi connectivity index (χ3v) is 15.6. The molecule has 6 aromatic rings. The molecule has 4 aliphatic rings. The molecule has 10 rings (SSSR count). The number of hydrogen-bond donors (Lipinski definition) is 1. The van der Waals surface area contributed by atoms with Gasteiger partial charge in [0.2, 0.25) is 29.4 Å². The number of allylic oxidation sites excluding steroid dienone is 2. The summed E-state index contributed by atoms with van der Waals surface area (Å²) in [6, 6.07) is 25.3. The second-order valence-electron chi connectivity index (χ2n) is 17.8. The number of ether oxygens (including phenoxy) is 2. The van der Waals surface area contributed by atoms with Gasteiger partial charge in [-0.05, 0) is 128 Å². The quantitative estimate of drug-likeness (QED) is 0.0846. The van der Waals surface area contributed by atoms with Crippen molar-refractivity contribution in [2.45, 2.75) is 32.6 Å². The number of anilines is 3. The molecule has 2 aliphatic heterocycles. The lowest BCUT2D eigenvalue weighted by Gasteiger charge is -2.49. The second kappa shape index (κ2) is 15.9. The van der Waals surface area contributed by atoms with Gasteiger partial charge in [-0.3, -0.25) is 28.8 Å². The number of benzene rings is 4. The van der Waals surface area contributed by atoms with Crippen LogP contribution in [-0.4, -0.2) is 66.8 Å². The molecule has 2 saturated heterocycles. The molecule has 0 spiro atoms. The third kappa shape index (κ3) is 6.53. The SMILES string of the molecule is COc1cc([C@H]2C3=CC[C@@H]4C(=O)N(c5ccc(N=Nc6ccc(N(C)C)cc6)cc5)C(=O)[C@@H]4[C@@H]3C[C@H]3C(=O)N(c4cc(-c5sc6ccc(Cl)cc6c5C)nn4C)C(=O)[C@@]23C)cc(OC)c1O. The average Bonchev–Trinajstić information content (AvgIpc) is 3.98. The lowest BCUT2D eigenvalue weighted by atomic mass is 9.51. The van der Waals surface area contributed by atoms with Crippen LogP contribution in [0.3, 0.4) is 0 Å². The number of carbonyl (C=O) groups is 4. The number of hydrogen-bond acceptors (Lipinski definition) is 12. The van der Waals surface area contributed by atoms with Gasteiger partial charge in [-0.25, -0.2) is 4.90 Å². The van der Waals surface area contributed by atoms with Crippen molar-refractivity contribution in [1.82, 2.24) is 9.78 Å². The summed E-state index contributed by atoms with van der Waals surface area (Å²) in [7, 11) is 8.48. The number of halogens is 1. The number of thiophene rings is 1. The Hall–Kier alpha value is -6.84. The predicted molar refractivity (Wildman–Crippen MR) is 253 cm³/mol. The highest BCUT2D eigenvalue weighted by Crippen LogP contribution is 2.64. The molecule has 2 aromatic heterocycles. The average molecular weight is 924 g/mol. The summed E-state index contributed by atoms with van der Waals surface area (Å²) >= 11 is 7.91. The molecular weight excluding hydrogens is 878 g/mol. The van der Waals surface area contributed by atoms with Crippen molar-refractivity contribution in [1.29, 1.82) is 0 Å². The first-order chi connectivity index (χ1) is 31.6. The molecule has 0 radical (unpaired) electrons. The Morgan fingerprint density at radius 3 is 2.14 bits per heavy atom. The Morgan fingerprint density at radius 1 is 0.848 bits per heavy atom. The van der Waals surface area contributed by atoms with Crippen LogP contribution < -0.4 is 24.2 Å². The number of amides is 4. The number of phenolic OH excluding ortho intramolecular Hbond substituents is 1. The van der Waals surface area contributed by atoms with E-state index in [0.29, 0.717) is 39.2 Å². The van der Waals surface area contributed by atoms with Gasteiger partial charge in [-0.2, -0.15) is 15.3 Å². The van der Waals surface area contributed by atoms with E-state index in [1.165, 1.54) is 24.0 Å². The van der Waals surface area contributed by atoms with Gasteiger partial charge in [0.05, 0.1) is 59.3 Å². The Morgan fingerprint density at radius 2 is 1.50 bits per heavy atom. The minimum absolute atomic E-state index is 0.120. The van der Waals surface area contributed by atoms with Crippen molar-refractivity contribution in [3.8, 4) is 27.8 Å². The number of fused-ring (bicyclic) bond motifs is 5. The maximum absolute atomic E-state index is 15.4. The normalized spacial score (nSPS) is 23.7. The number of phenols is 1. The maximum atomic E-state index is 15.4. The molecule has 0 bridgehead atoms. The van der Waals surface area contributed by atoms with Crippen LogP contribution in [0.25, 0.3) is 20.7 Å². The molecule has 3 fully saturated rings. The second-order valence-corrected chi connectivity index (χ2v) is 19.3. The van der Waals surface area contributed by atoms with E-state index in [0.717, 1.165) is 31.8 Å². The summed E-state index contributed by atoms with van der Waals surface area (Å²) in [4.78, 5) is 65.1. The fourth-order valence-corrected chi connectivity index (χ4v) is 12.1. The zero-order valence-corrected chi connectivity index (χ0v) is 38.8. The van der Waals surface area contributed by atoms with Gasteiger partial charge < -0.3 is 19.5 Å². The van der Waals surface area contributed by atoms with Gasteiger partial charge in [0, 0.05) is 48.5 Å². The molecule has 4 amide bonds. The van der Waals surface area contributed by atoms with Crippen molar-refractivity contribution in [3.63, 3.8) is 0 Å². The minimum atomic E-state index is -1.38. The Balaban J connectivity index is 1.02. The third-order valence-electron chi connectivity index (χ3n) is 14.1. The van der Waals surface area contributed by atoms with Gasteiger partial charge in [-0.1, -0.05) is 23.3 Å². The molecule has 4 heterocycles. The van der Waals surface area contributed by atoms with E-state index in [2.05, 4.69) is 10.2 Å². The number of carbonyl (C=O) groups excluding carboxylic acids is 4. The summed E-state index contributed by atoms with van der Waals surface area (Å²) < 4.78 is 13.8. The zero-order valence-electron chi connectivity index (χ0n) is 37.3. The molecular formula is C50H46ClN7O7S. The number of nitrogens with zero attached hydrogens (tertiary/aromatic N) is 7. The van der Waals surface area contributed by atoms with Gasteiger partial charge in [0.1, 0.15) is 11.5 Å². The Bertz CT molecular complexity index is 3060. The molecule has 14 nitrogen and oxygen atoms in total. The first-order valence-electron chi connectivity index (χ1n) is 21.6. The Kier molecular flexibility index (Phi) is 10.4. The van der Waals surface area contributed by atoms with Crippen LogP contribution in [0.4, 0.5) is 28.6 Å². The molecule has 0 unspecified atom stereocenters. The van der Waals surface area contributed by atoms with E-state index in [1.54, 1.807) is 72.5 Å². The first-order valence-corrected chi connectivity index (χ1v) is 22.8. The summed E-state index contributed by atoms with van der Waals surface area (Å²) in [5.74, 6) is -4.99. The van der Waals surface area contributed by atoms with Crippen LogP contribution >= 0.6 is 22.9 Å². The molecule has 336 valence electrons. The van der Waals surface area contributed by atoms with E-state index in [9.17, 15) is 14.7 Å². The highest BCUT2D eigenvalue weighted by molar-refractivity contribution is 7.22. The monoisotopic (exact) mass is 923 g/mol. The number of aromatic hydroxyl groups is 1. The number of aryl methyl sites for hydroxylation is 2. The van der Waals surface area contributed by atoms with Crippen LogP contribution in [-0.2, 0) is 26.2 Å². The van der Waals surface area contributed by atoms with Crippen LogP contribution in [0.2, 0.25) is 5.02 Å². The highest BCUT2D eigenvalue weighted by Gasteiger charge is 2.68. The number of imide groups is 2. The van der Waals surface area contributed by atoms with E-state index in [4.69, 9.17) is 26.2 Å². The predicted octanol–water partition coefficient (Wildman–Crippen LogP) is 9.90. The first kappa shape index (κ1) is 43.1. The van der Waals surface area contributed by atoms with Gasteiger partial charge in [0.25, 0.3) is 0 Å². The molecule has 1 N–H and O–H groups in total. The van der Waals surface area contributed by atoms with Crippen molar-refractivity contribution in [2.75, 3.05) is 43.0 Å². The zero-order chi connectivity index (χ0) is 46.5. The largest absolute Gasteiger partial charge is 0.502 e. The number of azo groups is 1. The lowest BCUT2D eigenvalue weighted by molar-refractivity contribution is -0.131. The van der Waals surface area contributed by atoms with Crippen LogP contribution in [0.15, 0.2) is 107 Å². The van der Waals surface area contributed by atoms with Crippen LogP contribution in [0, 0.1) is 36.0 Å². The number of aromatic nitrogens is 2. The molecule has 6 atom stereocenters. The fourth-order valence-electron chi connectivity index (χ4n) is 10.8. The molecule has 2 aliphatic carbocycles. The van der Waals surface area contributed by atoms with Gasteiger partial charge in [0.15, 0.2) is 11.5 Å². The van der Waals surface area contributed by atoms with Crippen molar-refractivity contribution < 1.29 is 33.8 Å². The molecule has 16 heteroatoms. The summed E-state index contributed by atoms with van der Waals surface area (Å²) in [6.45, 7) is 3.81. The fraction of sp³-hybridized carbons (Fsp3) is 0.300. The summed E-state index contributed by atoms with van der Waals surface area (Å²) in [5.41, 5.74) is 4.21. The number of methoxy groups -OCH3 is 2. The molecule has 66 heavy (non-hydrogen) atoms. The maximum Gasteiger partial charge on any atom is 0.242 e. The smallest absolute Gasteiger partial charge is 0.242 e. The lowest BCUT2D eigenvalue weighted by Crippen LogP contribution is -2.49. The standard InChI is InChI=1S/C50H46ClN7O7S/c1-25-34-22-27(51)8-19-40(34)66-45(25)37-24-41(56(5)54-37)58-47(61)36-23-35-32(43(50(36,2)49(58)63)26-20-38(64-6)44(59)39(21-26)65-7)17-18-33-42(35)48(62)57(46(33)60)31-15-11-29(12-16-31)53-52-28-9-13-30(14-10-28)55(3)4/h8-17,19-22,24,33,35-36,42-43,59H,18,23H2,1-7H3/t33-,35+,36-,42-,43-,50+/m0/s1. The van der Waals surface area contributed by atoms with Crippen LogP contribution in [0.1, 0.15) is 36.8 Å². The van der Waals surface area contributed by atoms with Gasteiger partial charge >= 0.3 is 0 Å². The van der Waals surface area contributed by atoms with Crippen LogP contribution in [0.5, 0.6) is 17.2 Å². The van der Waals surface area contributed by atoms with Crippen molar-refractivity contribution in [3.05, 3.63) is 113 Å². The summed E-state index contributed by atoms with van der Waals surface area (Å²) in [6.07, 6.45) is 2.37. The van der Waals surface area contributed by atoms with E-state index in [-0.39, 0.29) is 41.9 Å². The van der Waals surface area contributed by atoms with E-state index < -0.39 is 46.8 Å². The van der Waals surface area contributed by atoms with E-state index in [1.807, 2.05) is 74.5 Å². The number of rotatable bonds is 9. The topological polar surface area (TPSA) is 159 Å².